The number of benzene rings is 3. The molecule has 0 amide bonds. The second-order valence-corrected chi connectivity index (χ2v) is 7.92. The number of thiazole rings is 1. The molecule has 0 atom stereocenters. The molecule has 0 saturated carbocycles. The summed E-state index contributed by atoms with van der Waals surface area (Å²) in [7, 11) is 1.72. The van der Waals surface area contributed by atoms with E-state index in [4.69, 9.17) is 4.74 Å². The molecule has 1 heterocycles. The Hall–Kier alpha value is -2.95. The van der Waals surface area contributed by atoms with Gasteiger partial charge >= 0.3 is 0 Å². The molecule has 146 valence electrons. The summed E-state index contributed by atoms with van der Waals surface area (Å²) in [6, 6.07) is 27.3. The molecule has 4 heteroatoms. The van der Waals surface area contributed by atoms with E-state index in [0.29, 0.717) is 0 Å². The van der Waals surface area contributed by atoms with Crippen molar-refractivity contribution < 1.29 is 4.74 Å². The quantitative estimate of drug-likeness (QED) is 0.379. The molecule has 0 bridgehead atoms. The number of methoxy groups -OCH3 is 1. The normalized spacial score (nSPS) is 10.8. The molecule has 0 aliphatic carbocycles. The molecule has 0 unspecified atom stereocenters. The lowest BCUT2D eigenvalue weighted by Crippen LogP contribution is -2.16. The van der Waals surface area contributed by atoms with Crippen molar-refractivity contribution in [1.29, 1.82) is 0 Å². The lowest BCUT2D eigenvalue weighted by Gasteiger charge is -2.08. The van der Waals surface area contributed by atoms with E-state index in [1.807, 2.05) is 30.5 Å². The van der Waals surface area contributed by atoms with E-state index >= 15 is 0 Å². The van der Waals surface area contributed by atoms with Gasteiger partial charge in [-0.05, 0) is 41.3 Å². The zero-order valence-electron chi connectivity index (χ0n) is 16.5. The first kappa shape index (κ1) is 19.4. The predicted octanol–water partition coefficient (Wildman–Crippen LogP) is 5.82. The molecule has 3 aromatic carbocycles. The summed E-state index contributed by atoms with van der Waals surface area (Å²) < 4.78 is 5.41. The Balaban J connectivity index is 1.33. The van der Waals surface area contributed by atoms with Gasteiger partial charge in [0.1, 0.15) is 10.8 Å². The van der Waals surface area contributed by atoms with Crippen LogP contribution < -0.4 is 10.1 Å². The molecule has 1 aromatic heterocycles. The number of para-hydroxylation sites is 1. The lowest BCUT2D eigenvalue weighted by atomic mass is 10.0. The minimum absolute atomic E-state index is 0.780. The Kier molecular flexibility index (Phi) is 6.35. The summed E-state index contributed by atoms with van der Waals surface area (Å²) in [6.45, 7) is 1.67. The maximum Gasteiger partial charge on any atom is 0.122 e. The van der Waals surface area contributed by atoms with Crippen LogP contribution in [0.3, 0.4) is 0 Å². The molecule has 0 saturated heterocycles. The fourth-order valence-electron chi connectivity index (χ4n) is 3.31. The summed E-state index contributed by atoms with van der Waals surface area (Å²) in [5.74, 6) is 0.949. The Morgan fingerprint density at radius 2 is 1.52 bits per heavy atom. The third-order valence-corrected chi connectivity index (χ3v) is 5.92. The molecule has 0 aliphatic rings. The Morgan fingerprint density at radius 1 is 0.828 bits per heavy atom. The van der Waals surface area contributed by atoms with Crippen LogP contribution in [0.15, 0.2) is 85.1 Å². The Morgan fingerprint density at radius 3 is 2.31 bits per heavy atom. The van der Waals surface area contributed by atoms with Crippen molar-refractivity contribution in [2.45, 2.75) is 13.0 Å². The SMILES string of the molecule is COc1ccccc1CCNCc1ncc(-c2ccc(-c3ccccc3)cc2)s1. The third kappa shape index (κ3) is 4.91. The number of rotatable bonds is 8. The fourth-order valence-corrected chi connectivity index (χ4v) is 4.20. The van der Waals surface area contributed by atoms with E-state index < -0.39 is 0 Å². The van der Waals surface area contributed by atoms with Crippen LogP contribution in [0.1, 0.15) is 10.6 Å². The van der Waals surface area contributed by atoms with Gasteiger partial charge in [0, 0.05) is 12.7 Å². The number of ether oxygens (including phenoxy) is 1. The number of aromatic nitrogens is 1. The van der Waals surface area contributed by atoms with Crippen molar-refractivity contribution in [3.8, 4) is 27.3 Å². The van der Waals surface area contributed by atoms with E-state index in [1.165, 1.54) is 27.1 Å². The van der Waals surface area contributed by atoms with E-state index in [0.717, 1.165) is 30.3 Å². The molecular formula is C25H24N2OS. The van der Waals surface area contributed by atoms with Gasteiger partial charge in [-0.3, -0.25) is 0 Å². The maximum atomic E-state index is 5.41. The molecule has 29 heavy (non-hydrogen) atoms. The minimum atomic E-state index is 0.780. The number of hydrogen-bond acceptors (Lipinski definition) is 4. The summed E-state index contributed by atoms with van der Waals surface area (Å²) >= 11 is 1.74. The highest BCUT2D eigenvalue weighted by atomic mass is 32.1. The predicted molar refractivity (Wildman–Crippen MR) is 121 cm³/mol. The monoisotopic (exact) mass is 400 g/mol. The summed E-state index contributed by atoms with van der Waals surface area (Å²) in [6.07, 6.45) is 2.91. The standard InChI is InChI=1S/C25H24N2OS/c1-28-23-10-6-5-9-21(23)15-16-26-18-25-27-17-24(29-25)22-13-11-20(12-14-22)19-7-3-2-4-8-19/h2-14,17,26H,15-16,18H2,1H3. The van der Waals surface area contributed by atoms with Crippen molar-refractivity contribution in [2.24, 2.45) is 0 Å². The molecule has 0 fully saturated rings. The van der Waals surface area contributed by atoms with Crippen molar-refractivity contribution in [2.75, 3.05) is 13.7 Å². The minimum Gasteiger partial charge on any atom is -0.496 e. The third-order valence-electron chi connectivity index (χ3n) is 4.87. The van der Waals surface area contributed by atoms with Crippen molar-refractivity contribution in [3.63, 3.8) is 0 Å². The molecule has 1 N–H and O–H groups in total. The molecule has 4 aromatic rings. The first-order chi connectivity index (χ1) is 14.3. The van der Waals surface area contributed by atoms with Crippen LogP contribution in [0.2, 0.25) is 0 Å². The Bertz CT molecular complexity index is 1040. The van der Waals surface area contributed by atoms with Crippen LogP contribution in [0.5, 0.6) is 5.75 Å². The van der Waals surface area contributed by atoms with Gasteiger partial charge in [-0.1, -0.05) is 72.8 Å². The highest BCUT2D eigenvalue weighted by molar-refractivity contribution is 7.15. The van der Waals surface area contributed by atoms with Crippen LogP contribution >= 0.6 is 11.3 Å². The molecule has 4 rings (SSSR count). The van der Waals surface area contributed by atoms with Gasteiger partial charge < -0.3 is 10.1 Å². The number of nitrogens with one attached hydrogen (secondary N) is 1. The van der Waals surface area contributed by atoms with Crippen molar-refractivity contribution in [1.82, 2.24) is 10.3 Å². The topological polar surface area (TPSA) is 34.1 Å². The second-order valence-electron chi connectivity index (χ2n) is 6.80. The molecule has 3 nitrogen and oxygen atoms in total. The molecule has 0 radical (unpaired) electrons. The average molecular weight is 401 g/mol. The van der Waals surface area contributed by atoms with E-state index in [-0.39, 0.29) is 0 Å². The highest BCUT2D eigenvalue weighted by Gasteiger charge is 2.06. The second kappa shape index (κ2) is 9.50. The van der Waals surface area contributed by atoms with E-state index in [1.54, 1.807) is 18.4 Å². The van der Waals surface area contributed by atoms with Gasteiger partial charge in [-0.2, -0.15) is 0 Å². The summed E-state index contributed by atoms with van der Waals surface area (Å²) in [5.41, 5.74) is 4.91. The van der Waals surface area contributed by atoms with Gasteiger partial charge in [0.05, 0.1) is 12.0 Å². The first-order valence-corrected chi connectivity index (χ1v) is 10.6. The average Bonchev–Trinajstić information content (AvgIpc) is 3.27. The Labute approximate surface area is 176 Å². The smallest absolute Gasteiger partial charge is 0.122 e. The van der Waals surface area contributed by atoms with Crippen LogP contribution in [0.25, 0.3) is 21.6 Å². The largest absolute Gasteiger partial charge is 0.496 e. The first-order valence-electron chi connectivity index (χ1n) is 9.76. The van der Waals surface area contributed by atoms with E-state index in [9.17, 15) is 0 Å². The van der Waals surface area contributed by atoms with Crippen LogP contribution in [-0.2, 0) is 13.0 Å². The van der Waals surface area contributed by atoms with Gasteiger partial charge in [0.15, 0.2) is 0 Å². The summed E-state index contributed by atoms with van der Waals surface area (Å²) in [5, 5.41) is 4.59. The number of hydrogen-bond donors (Lipinski definition) is 1. The van der Waals surface area contributed by atoms with Gasteiger partial charge in [0.2, 0.25) is 0 Å². The zero-order chi connectivity index (χ0) is 19.9. The van der Waals surface area contributed by atoms with Crippen LogP contribution in [0.4, 0.5) is 0 Å². The van der Waals surface area contributed by atoms with Crippen LogP contribution in [-0.4, -0.2) is 18.6 Å². The van der Waals surface area contributed by atoms with Gasteiger partial charge in [-0.25, -0.2) is 4.98 Å². The zero-order valence-corrected chi connectivity index (χ0v) is 17.3. The van der Waals surface area contributed by atoms with Gasteiger partial charge in [-0.15, -0.1) is 11.3 Å². The van der Waals surface area contributed by atoms with Crippen LogP contribution in [0, 0.1) is 0 Å². The lowest BCUT2D eigenvalue weighted by molar-refractivity contribution is 0.409. The molecule has 0 aliphatic heterocycles. The fraction of sp³-hybridized carbons (Fsp3) is 0.160. The highest BCUT2D eigenvalue weighted by Crippen LogP contribution is 2.28. The van der Waals surface area contributed by atoms with Gasteiger partial charge in [0.25, 0.3) is 0 Å². The summed E-state index contributed by atoms with van der Waals surface area (Å²) in [4.78, 5) is 5.78. The number of nitrogens with zero attached hydrogens (tertiary/aromatic N) is 1. The van der Waals surface area contributed by atoms with Crippen molar-refractivity contribution >= 4 is 11.3 Å². The van der Waals surface area contributed by atoms with Crippen molar-refractivity contribution in [3.05, 3.63) is 95.6 Å². The molecular weight excluding hydrogens is 376 g/mol. The van der Waals surface area contributed by atoms with E-state index in [2.05, 4.69) is 64.9 Å². The molecule has 0 spiro atoms. The maximum absolute atomic E-state index is 5.41.